The van der Waals surface area contributed by atoms with Gasteiger partial charge in [-0.25, -0.2) is 0 Å². The lowest BCUT2D eigenvalue weighted by molar-refractivity contribution is -0.153. The van der Waals surface area contributed by atoms with Crippen molar-refractivity contribution >= 4 is 23.4 Å². The minimum atomic E-state index is -1.16. The largest absolute Gasteiger partial charge is 0.494 e. The number of rotatable bonds is 15. The lowest BCUT2D eigenvalue weighted by Gasteiger charge is -2.37. The van der Waals surface area contributed by atoms with Crippen molar-refractivity contribution in [1.29, 1.82) is 0 Å². The van der Waals surface area contributed by atoms with Crippen molar-refractivity contribution in [2.45, 2.75) is 63.3 Å². The van der Waals surface area contributed by atoms with Gasteiger partial charge in [0.05, 0.1) is 24.0 Å². The molecule has 2 aromatic rings. The van der Waals surface area contributed by atoms with Crippen LogP contribution in [0.25, 0.3) is 0 Å². The van der Waals surface area contributed by atoms with Crippen LogP contribution in [0.5, 0.6) is 5.75 Å². The van der Waals surface area contributed by atoms with E-state index in [9.17, 15) is 19.5 Å². The Morgan fingerprint density at radius 3 is 2.38 bits per heavy atom. The summed E-state index contributed by atoms with van der Waals surface area (Å²) >= 11 is 0. The molecule has 2 unspecified atom stereocenters. The first-order valence-electron chi connectivity index (χ1n) is 16.0. The van der Waals surface area contributed by atoms with Crippen LogP contribution in [0, 0.1) is 11.8 Å². The molecule has 240 valence electrons. The Labute approximate surface area is 266 Å². The molecular weight excluding hydrogens is 570 g/mol. The van der Waals surface area contributed by atoms with Crippen molar-refractivity contribution in [3.63, 3.8) is 0 Å². The van der Waals surface area contributed by atoms with Gasteiger partial charge in [-0.3, -0.25) is 14.4 Å². The van der Waals surface area contributed by atoms with Crippen LogP contribution in [-0.4, -0.2) is 82.7 Å². The molecule has 5 atom stereocenters. The molecule has 3 heterocycles. The highest BCUT2D eigenvalue weighted by atomic mass is 16.5. The van der Waals surface area contributed by atoms with E-state index in [1.54, 1.807) is 26.9 Å². The molecule has 2 bridgehead atoms. The zero-order chi connectivity index (χ0) is 32.2. The number of amides is 3. The van der Waals surface area contributed by atoms with E-state index in [1.165, 1.54) is 0 Å². The highest BCUT2D eigenvalue weighted by molar-refractivity contribution is 6.03. The van der Waals surface area contributed by atoms with E-state index < -0.39 is 29.1 Å². The molecule has 3 fully saturated rings. The highest BCUT2D eigenvalue weighted by Crippen LogP contribution is 2.64. The van der Waals surface area contributed by atoms with Crippen LogP contribution in [0.2, 0.25) is 0 Å². The Kier molecular flexibility index (Phi) is 9.79. The van der Waals surface area contributed by atoms with Gasteiger partial charge < -0.3 is 29.3 Å². The van der Waals surface area contributed by atoms with Crippen LogP contribution in [0.15, 0.2) is 79.9 Å². The second kappa shape index (κ2) is 13.6. The molecule has 9 heteroatoms. The van der Waals surface area contributed by atoms with Crippen LogP contribution in [-0.2, 0) is 25.7 Å². The fourth-order valence-corrected chi connectivity index (χ4v) is 7.73. The van der Waals surface area contributed by atoms with Crippen molar-refractivity contribution in [1.82, 2.24) is 9.80 Å². The monoisotopic (exact) mass is 615 g/mol. The number of hydrogen-bond acceptors (Lipinski definition) is 6. The first-order valence-corrected chi connectivity index (χ1v) is 16.0. The minimum Gasteiger partial charge on any atom is -0.494 e. The minimum absolute atomic E-state index is 0.129. The summed E-state index contributed by atoms with van der Waals surface area (Å²) in [5, 5.41) is 9.73. The van der Waals surface area contributed by atoms with Gasteiger partial charge in [0.2, 0.25) is 17.7 Å². The lowest BCUT2D eigenvalue weighted by atomic mass is 9.64. The number of fused-ring (bicyclic) bond motifs is 1. The summed E-state index contributed by atoms with van der Waals surface area (Å²) in [6.45, 7) is 13.1. The topological polar surface area (TPSA) is 99.6 Å². The lowest BCUT2D eigenvalue weighted by Crippen LogP contribution is -2.56. The van der Waals surface area contributed by atoms with Crippen LogP contribution in [0.1, 0.15) is 45.1 Å². The smallest absolute Gasteiger partial charge is 0.248 e. The van der Waals surface area contributed by atoms with E-state index in [4.69, 9.17) is 9.47 Å². The molecule has 9 nitrogen and oxygen atoms in total. The molecule has 0 radical (unpaired) electrons. The van der Waals surface area contributed by atoms with Gasteiger partial charge >= 0.3 is 0 Å². The van der Waals surface area contributed by atoms with Gasteiger partial charge in [0.1, 0.15) is 17.4 Å². The Bertz CT molecular complexity index is 1400. The third-order valence-electron chi connectivity index (χ3n) is 9.65. The fourth-order valence-electron chi connectivity index (χ4n) is 7.73. The van der Waals surface area contributed by atoms with Gasteiger partial charge in [-0.05, 0) is 62.4 Å². The molecule has 3 saturated heterocycles. The van der Waals surface area contributed by atoms with E-state index in [0.29, 0.717) is 56.8 Å². The van der Waals surface area contributed by atoms with Crippen molar-refractivity contribution in [2.24, 2.45) is 11.8 Å². The van der Waals surface area contributed by atoms with Gasteiger partial charge in [0.25, 0.3) is 0 Å². The second-order valence-electron chi connectivity index (χ2n) is 12.1. The average molecular weight is 616 g/mol. The fraction of sp³-hybridized carbons (Fsp3) is 0.472. The summed E-state index contributed by atoms with van der Waals surface area (Å²) in [7, 11) is 0. The quantitative estimate of drug-likeness (QED) is 0.299. The second-order valence-corrected chi connectivity index (χ2v) is 12.1. The number of benzene rings is 2. The Balaban J connectivity index is 1.55. The summed E-state index contributed by atoms with van der Waals surface area (Å²) in [5.41, 5.74) is -0.416. The van der Waals surface area contributed by atoms with Crippen LogP contribution in [0.3, 0.4) is 0 Å². The van der Waals surface area contributed by atoms with Crippen molar-refractivity contribution < 1.29 is 29.0 Å². The maximum absolute atomic E-state index is 14.7. The van der Waals surface area contributed by atoms with Crippen LogP contribution in [0.4, 0.5) is 5.69 Å². The molecule has 3 aliphatic rings. The SMILES string of the molecule is C=CCN(Cc1ccccc1)C(=O)C1N(CCCO)C(=O)[C@@H]2[C@@H](C(=O)N(CC=C)c3ccc(OCC)cc3)[C@@]3(CC)CCC12O3. The summed E-state index contributed by atoms with van der Waals surface area (Å²) in [6, 6.07) is 16.1. The zero-order valence-electron chi connectivity index (χ0n) is 26.4. The van der Waals surface area contributed by atoms with Gasteiger partial charge in [-0.1, -0.05) is 49.4 Å². The average Bonchev–Trinajstić information content (AvgIpc) is 3.66. The van der Waals surface area contributed by atoms with E-state index in [-0.39, 0.29) is 37.4 Å². The number of hydrogen-bond donors (Lipinski definition) is 1. The Morgan fingerprint density at radius 1 is 1.04 bits per heavy atom. The van der Waals surface area contributed by atoms with Crippen molar-refractivity contribution in [2.75, 3.05) is 37.7 Å². The van der Waals surface area contributed by atoms with Gasteiger partial charge in [-0.2, -0.15) is 0 Å². The molecule has 3 aliphatic heterocycles. The number of ether oxygens (including phenoxy) is 2. The van der Waals surface area contributed by atoms with E-state index >= 15 is 0 Å². The van der Waals surface area contributed by atoms with Gasteiger partial charge in [0, 0.05) is 38.5 Å². The molecule has 0 aliphatic carbocycles. The van der Waals surface area contributed by atoms with E-state index in [0.717, 1.165) is 5.56 Å². The number of nitrogens with zero attached hydrogens (tertiary/aromatic N) is 3. The predicted molar refractivity (Wildman–Crippen MR) is 172 cm³/mol. The zero-order valence-corrected chi connectivity index (χ0v) is 26.4. The molecule has 3 amide bonds. The molecule has 2 aromatic carbocycles. The summed E-state index contributed by atoms with van der Waals surface area (Å²) in [6.07, 6.45) is 5.24. The Morgan fingerprint density at radius 2 is 1.76 bits per heavy atom. The molecule has 0 aromatic heterocycles. The van der Waals surface area contributed by atoms with Gasteiger partial charge in [-0.15, -0.1) is 13.2 Å². The number of likely N-dealkylation sites (tertiary alicyclic amines) is 1. The first kappa shape index (κ1) is 32.4. The summed E-state index contributed by atoms with van der Waals surface area (Å²) in [5.74, 6) is -1.63. The maximum atomic E-state index is 14.7. The number of aliphatic hydroxyl groups is 1. The molecule has 1 N–H and O–H groups in total. The summed E-state index contributed by atoms with van der Waals surface area (Å²) in [4.78, 5) is 48.8. The third kappa shape index (κ3) is 5.68. The maximum Gasteiger partial charge on any atom is 0.248 e. The molecular formula is C36H45N3O6. The standard InChI is InChI=1S/C36H45N3O6/c1-5-21-37(25-26-13-10-9-11-14-26)34(43)31-36-20-19-35(7-3,45-36)29(30(36)33(42)39(31)23-12-24-40)32(41)38(22-6-2)27-15-17-28(18-16-27)44-8-4/h5-6,9-11,13-18,29-31,40H,1-2,7-8,12,19-25H2,3-4H3/t29-,30-,31?,35+,36?/m0/s1. The van der Waals surface area contributed by atoms with Crippen molar-refractivity contribution in [3.05, 3.63) is 85.5 Å². The van der Waals surface area contributed by atoms with Crippen LogP contribution < -0.4 is 9.64 Å². The van der Waals surface area contributed by atoms with E-state index in [1.807, 2.05) is 68.4 Å². The number of aliphatic hydroxyl groups excluding tert-OH is 1. The Hall–Kier alpha value is -3.95. The van der Waals surface area contributed by atoms with Crippen molar-refractivity contribution in [3.8, 4) is 5.75 Å². The highest BCUT2D eigenvalue weighted by Gasteiger charge is 2.79. The predicted octanol–water partition coefficient (Wildman–Crippen LogP) is 4.36. The van der Waals surface area contributed by atoms with Crippen LogP contribution >= 0.6 is 0 Å². The third-order valence-corrected chi connectivity index (χ3v) is 9.65. The molecule has 45 heavy (non-hydrogen) atoms. The number of anilines is 1. The number of carbonyl (C=O) groups is 3. The first-order chi connectivity index (χ1) is 21.8. The summed E-state index contributed by atoms with van der Waals surface area (Å²) < 4.78 is 12.6. The normalized spacial score (nSPS) is 26.4. The van der Waals surface area contributed by atoms with Gasteiger partial charge in [0.15, 0.2) is 0 Å². The molecule has 0 saturated carbocycles. The molecule has 5 rings (SSSR count). The number of carbonyl (C=O) groups excluding carboxylic acids is 3. The molecule has 1 spiro atoms. The van der Waals surface area contributed by atoms with E-state index in [2.05, 4.69) is 13.2 Å².